The van der Waals surface area contributed by atoms with Crippen molar-refractivity contribution in [1.29, 1.82) is 0 Å². The molecule has 0 unspecified atom stereocenters. The van der Waals surface area contributed by atoms with E-state index in [-0.39, 0.29) is 5.89 Å². The van der Waals surface area contributed by atoms with Crippen molar-refractivity contribution in [2.24, 2.45) is 0 Å². The van der Waals surface area contributed by atoms with Crippen LogP contribution in [0.3, 0.4) is 0 Å². The van der Waals surface area contributed by atoms with E-state index in [0.29, 0.717) is 28.5 Å². The average Bonchev–Trinajstić information content (AvgIpc) is 3.32. The Morgan fingerprint density at radius 2 is 1.96 bits per heavy atom. The minimum atomic E-state index is -2.81. The molecule has 0 aliphatic heterocycles. The predicted octanol–water partition coefficient (Wildman–Crippen LogP) is 4.03. The molecule has 0 amide bonds. The van der Waals surface area contributed by atoms with Crippen molar-refractivity contribution in [3.63, 3.8) is 0 Å². The van der Waals surface area contributed by atoms with Crippen molar-refractivity contribution in [1.82, 2.24) is 30.2 Å². The van der Waals surface area contributed by atoms with Gasteiger partial charge in [0.2, 0.25) is 5.89 Å². The molecule has 0 atom stereocenters. The van der Waals surface area contributed by atoms with Gasteiger partial charge in [0.25, 0.3) is 5.89 Å². The number of hydrogen-bond donors (Lipinski definition) is 0. The second kappa shape index (κ2) is 7.20. The Bertz CT molecular complexity index is 1060. The Balaban J connectivity index is 1.49. The monoisotopic (exact) mass is 388 g/mol. The van der Waals surface area contributed by atoms with Gasteiger partial charge in [0.05, 0.1) is 24.0 Å². The van der Waals surface area contributed by atoms with Crippen LogP contribution in [0, 0.1) is 0 Å². The summed E-state index contributed by atoms with van der Waals surface area (Å²) in [6.07, 6.45) is 0.459. The van der Waals surface area contributed by atoms with Crippen LogP contribution in [0.5, 0.6) is 0 Å². The third-order valence-corrected chi connectivity index (χ3v) is 3.92. The van der Waals surface area contributed by atoms with Crippen LogP contribution < -0.4 is 0 Å². The highest BCUT2D eigenvalue weighted by atomic mass is 35.5. The Morgan fingerprint density at radius 1 is 1.07 bits per heavy atom. The molecule has 0 aliphatic rings. The zero-order chi connectivity index (χ0) is 18.8. The Morgan fingerprint density at radius 3 is 2.67 bits per heavy atom. The molecule has 0 saturated heterocycles. The van der Waals surface area contributed by atoms with Gasteiger partial charge in [-0.05, 0) is 24.3 Å². The van der Waals surface area contributed by atoms with E-state index >= 15 is 0 Å². The van der Waals surface area contributed by atoms with E-state index in [1.165, 1.54) is 6.20 Å². The van der Waals surface area contributed by atoms with Crippen LogP contribution in [-0.2, 0) is 6.54 Å². The lowest BCUT2D eigenvalue weighted by atomic mass is 10.2. The molecular formula is C17H11ClF2N6O. The van der Waals surface area contributed by atoms with E-state index in [2.05, 4.69) is 25.5 Å². The molecular weight excluding hydrogens is 378 g/mol. The fraction of sp³-hybridized carbons (Fsp3) is 0.118. The first kappa shape index (κ1) is 17.2. The van der Waals surface area contributed by atoms with Crippen molar-refractivity contribution in [3.05, 3.63) is 65.4 Å². The smallest absolute Gasteiger partial charge is 0.314 e. The largest absolute Gasteiger partial charge is 0.415 e. The number of benzene rings is 1. The second-order valence-corrected chi connectivity index (χ2v) is 6.03. The van der Waals surface area contributed by atoms with Crippen molar-refractivity contribution in [2.45, 2.75) is 13.0 Å². The number of alkyl halides is 2. The normalized spacial score (nSPS) is 11.3. The number of hydrogen-bond acceptors (Lipinski definition) is 6. The highest BCUT2D eigenvalue weighted by molar-refractivity contribution is 6.30. The number of pyridine rings is 1. The summed E-state index contributed by atoms with van der Waals surface area (Å²) in [5.74, 6) is -0.724. The van der Waals surface area contributed by atoms with Crippen LogP contribution in [0.25, 0.3) is 22.7 Å². The van der Waals surface area contributed by atoms with Gasteiger partial charge in [-0.1, -0.05) is 28.9 Å². The molecule has 3 aromatic heterocycles. The molecule has 136 valence electrons. The molecule has 0 saturated carbocycles. The van der Waals surface area contributed by atoms with Gasteiger partial charge in [-0.25, -0.2) is 4.68 Å². The number of halogens is 3. The van der Waals surface area contributed by atoms with Crippen LogP contribution in [0.4, 0.5) is 8.78 Å². The van der Waals surface area contributed by atoms with E-state index < -0.39 is 12.3 Å². The zero-order valence-corrected chi connectivity index (χ0v) is 14.4. The summed E-state index contributed by atoms with van der Waals surface area (Å²) in [5, 5.41) is 15.7. The first-order valence-corrected chi connectivity index (χ1v) is 8.19. The molecule has 0 N–H and O–H groups in total. The van der Waals surface area contributed by atoms with Crippen molar-refractivity contribution >= 4 is 11.6 Å². The summed E-state index contributed by atoms with van der Waals surface area (Å²) in [4.78, 5) is 4.28. The standard InChI is InChI=1S/C17H11ClF2N6O/c18-12-3-1-2-10(6-12)14-9-26(25-22-14)8-13-5-4-11(7-21-13)16-23-24-17(27-16)15(19)20/h1-7,9,15H,8H2. The minimum absolute atomic E-state index is 0.00616. The molecule has 10 heteroatoms. The topological polar surface area (TPSA) is 82.5 Å². The van der Waals surface area contributed by atoms with Crippen molar-refractivity contribution in [3.8, 4) is 22.7 Å². The van der Waals surface area contributed by atoms with Crippen LogP contribution in [0.1, 0.15) is 18.0 Å². The van der Waals surface area contributed by atoms with Crippen molar-refractivity contribution < 1.29 is 13.2 Å². The average molecular weight is 389 g/mol. The summed E-state index contributed by atoms with van der Waals surface area (Å²) in [6.45, 7) is 0.389. The lowest BCUT2D eigenvalue weighted by Crippen LogP contribution is -2.02. The Hall–Kier alpha value is -3.20. The van der Waals surface area contributed by atoms with E-state index in [1.807, 2.05) is 12.1 Å². The predicted molar refractivity (Wildman–Crippen MR) is 92.1 cm³/mol. The molecule has 0 bridgehead atoms. The third-order valence-electron chi connectivity index (χ3n) is 3.68. The second-order valence-electron chi connectivity index (χ2n) is 5.60. The molecule has 27 heavy (non-hydrogen) atoms. The Kier molecular flexibility index (Phi) is 4.59. The maximum atomic E-state index is 12.5. The summed E-state index contributed by atoms with van der Waals surface area (Å²) >= 11 is 5.99. The molecule has 1 aromatic carbocycles. The first-order chi connectivity index (χ1) is 13.1. The first-order valence-electron chi connectivity index (χ1n) is 7.81. The number of rotatable bonds is 5. The zero-order valence-electron chi connectivity index (χ0n) is 13.6. The molecule has 0 fully saturated rings. The van der Waals surface area contributed by atoms with Gasteiger partial charge in [0.15, 0.2) is 0 Å². The van der Waals surface area contributed by atoms with E-state index in [4.69, 9.17) is 16.0 Å². The van der Waals surface area contributed by atoms with Gasteiger partial charge in [-0.3, -0.25) is 4.98 Å². The fourth-order valence-electron chi connectivity index (χ4n) is 2.41. The fourth-order valence-corrected chi connectivity index (χ4v) is 2.60. The molecule has 4 rings (SSSR count). The number of aromatic nitrogens is 6. The molecule has 3 heterocycles. The lowest BCUT2D eigenvalue weighted by Gasteiger charge is -2.01. The summed E-state index contributed by atoms with van der Waals surface area (Å²) in [5.41, 5.74) is 2.72. The Labute approximate surface area is 156 Å². The molecule has 7 nitrogen and oxygen atoms in total. The SMILES string of the molecule is FC(F)c1nnc(-c2ccc(Cn3cc(-c4cccc(Cl)c4)nn3)nc2)o1. The van der Waals surface area contributed by atoms with Gasteiger partial charge < -0.3 is 4.42 Å². The molecule has 0 spiro atoms. The number of nitrogens with zero attached hydrogens (tertiary/aromatic N) is 6. The molecule has 4 aromatic rings. The van der Waals surface area contributed by atoms with E-state index in [9.17, 15) is 8.78 Å². The van der Waals surface area contributed by atoms with Crippen LogP contribution in [-0.4, -0.2) is 30.2 Å². The van der Waals surface area contributed by atoms with Crippen LogP contribution in [0.15, 0.2) is 53.2 Å². The van der Waals surface area contributed by atoms with E-state index in [0.717, 1.165) is 5.56 Å². The molecule has 0 radical (unpaired) electrons. The maximum absolute atomic E-state index is 12.5. The van der Waals surface area contributed by atoms with Gasteiger partial charge in [0, 0.05) is 16.8 Å². The van der Waals surface area contributed by atoms with Gasteiger partial charge in [-0.15, -0.1) is 15.3 Å². The quantitative estimate of drug-likeness (QED) is 0.513. The van der Waals surface area contributed by atoms with Gasteiger partial charge >= 0.3 is 6.43 Å². The van der Waals surface area contributed by atoms with Gasteiger partial charge in [-0.2, -0.15) is 8.78 Å². The van der Waals surface area contributed by atoms with Gasteiger partial charge in [0.1, 0.15) is 5.69 Å². The van der Waals surface area contributed by atoms with Crippen LogP contribution in [0.2, 0.25) is 5.02 Å². The molecule has 0 aliphatic carbocycles. The third kappa shape index (κ3) is 3.82. The lowest BCUT2D eigenvalue weighted by molar-refractivity contribution is 0.116. The highest BCUT2D eigenvalue weighted by Crippen LogP contribution is 2.23. The highest BCUT2D eigenvalue weighted by Gasteiger charge is 2.17. The summed E-state index contributed by atoms with van der Waals surface area (Å²) in [7, 11) is 0. The summed E-state index contributed by atoms with van der Waals surface area (Å²) < 4.78 is 31.6. The minimum Gasteiger partial charge on any atom is -0.415 e. The maximum Gasteiger partial charge on any atom is 0.314 e. The van der Waals surface area contributed by atoms with Crippen molar-refractivity contribution in [2.75, 3.05) is 0 Å². The summed E-state index contributed by atoms with van der Waals surface area (Å²) in [6, 6.07) is 10.7. The van der Waals surface area contributed by atoms with Crippen LogP contribution >= 0.6 is 11.6 Å². The van der Waals surface area contributed by atoms with E-state index in [1.54, 1.807) is 35.1 Å².